The molecular weight excluding hydrogens is 284 g/mol. The summed E-state index contributed by atoms with van der Waals surface area (Å²) >= 11 is 0. The van der Waals surface area contributed by atoms with Gasteiger partial charge in [0.25, 0.3) is 5.89 Å². The Bertz CT molecular complexity index is 667. The van der Waals surface area contributed by atoms with Gasteiger partial charge in [-0.15, -0.1) is 0 Å². The molecule has 0 N–H and O–H groups in total. The molecule has 0 aliphatic rings. The second-order valence-electron chi connectivity index (χ2n) is 6.17. The van der Waals surface area contributed by atoms with E-state index in [-0.39, 0.29) is 11.4 Å². The summed E-state index contributed by atoms with van der Waals surface area (Å²) in [5.74, 6) is 0.357. The van der Waals surface area contributed by atoms with Gasteiger partial charge < -0.3 is 9.26 Å². The van der Waals surface area contributed by atoms with E-state index in [0.717, 1.165) is 5.69 Å². The van der Waals surface area contributed by atoms with Crippen LogP contribution in [-0.4, -0.2) is 25.9 Å². The van der Waals surface area contributed by atoms with Crippen molar-refractivity contribution in [2.24, 2.45) is 0 Å². The Kier molecular flexibility index (Phi) is 4.35. The van der Waals surface area contributed by atoms with Gasteiger partial charge in [-0.05, 0) is 41.0 Å². The van der Waals surface area contributed by atoms with Crippen LogP contribution in [0.4, 0.5) is 0 Å². The SMILES string of the molecule is CCc1c(C(=O)OC(C)c2nc(C)no2)cnn1C(C)(C)C. The molecular formula is C15H22N4O3. The first-order chi connectivity index (χ1) is 10.2. The third kappa shape index (κ3) is 3.18. The van der Waals surface area contributed by atoms with Crippen LogP contribution < -0.4 is 0 Å². The van der Waals surface area contributed by atoms with Gasteiger partial charge in [-0.25, -0.2) is 4.79 Å². The lowest BCUT2D eigenvalue weighted by Crippen LogP contribution is -2.25. The van der Waals surface area contributed by atoms with E-state index >= 15 is 0 Å². The molecule has 0 amide bonds. The summed E-state index contributed by atoms with van der Waals surface area (Å²) in [5, 5.41) is 8.02. The molecule has 7 nitrogen and oxygen atoms in total. The van der Waals surface area contributed by atoms with E-state index in [9.17, 15) is 4.79 Å². The molecule has 0 spiro atoms. The Labute approximate surface area is 129 Å². The molecule has 120 valence electrons. The van der Waals surface area contributed by atoms with Gasteiger partial charge in [0, 0.05) is 0 Å². The van der Waals surface area contributed by atoms with Crippen molar-refractivity contribution in [3.63, 3.8) is 0 Å². The average Bonchev–Trinajstić information content (AvgIpc) is 3.03. The van der Waals surface area contributed by atoms with Crippen LogP contribution in [0.2, 0.25) is 0 Å². The first-order valence-corrected chi connectivity index (χ1v) is 7.32. The molecule has 0 saturated heterocycles. The Morgan fingerprint density at radius 2 is 2.14 bits per heavy atom. The predicted molar refractivity (Wildman–Crippen MR) is 79.5 cm³/mol. The van der Waals surface area contributed by atoms with E-state index in [1.807, 2.05) is 32.4 Å². The van der Waals surface area contributed by atoms with Crippen LogP contribution in [-0.2, 0) is 16.7 Å². The number of nitrogens with zero attached hydrogens (tertiary/aromatic N) is 4. The van der Waals surface area contributed by atoms with E-state index in [0.29, 0.717) is 17.8 Å². The number of hydrogen-bond acceptors (Lipinski definition) is 6. The van der Waals surface area contributed by atoms with E-state index in [1.165, 1.54) is 0 Å². The molecule has 7 heteroatoms. The minimum absolute atomic E-state index is 0.195. The number of carbonyl (C=O) groups is 1. The highest BCUT2D eigenvalue weighted by Gasteiger charge is 2.26. The van der Waals surface area contributed by atoms with Crippen molar-refractivity contribution in [1.82, 2.24) is 19.9 Å². The van der Waals surface area contributed by atoms with Crippen molar-refractivity contribution in [1.29, 1.82) is 0 Å². The molecule has 0 bridgehead atoms. The highest BCUT2D eigenvalue weighted by atomic mass is 16.6. The summed E-state index contributed by atoms with van der Waals surface area (Å²) in [6.07, 6.45) is 1.64. The maximum Gasteiger partial charge on any atom is 0.342 e. The van der Waals surface area contributed by atoms with Gasteiger partial charge in [-0.1, -0.05) is 12.1 Å². The fourth-order valence-electron chi connectivity index (χ4n) is 2.22. The van der Waals surface area contributed by atoms with E-state index in [4.69, 9.17) is 9.26 Å². The number of ether oxygens (including phenoxy) is 1. The lowest BCUT2D eigenvalue weighted by Gasteiger charge is -2.22. The van der Waals surface area contributed by atoms with Crippen LogP contribution in [0.25, 0.3) is 0 Å². The van der Waals surface area contributed by atoms with Gasteiger partial charge in [0.15, 0.2) is 11.9 Å². The van der Waals surface area contributed by atoms with Crippen molar-refractivity contribution in [3.8, 4) is 0 Å². The van der Waals surface area contributed by atoms with Gasteiger partial charge in [0.2, 0.25) is 0 Å². The largest absolute Gasteiger partial charge is 0.449 e. The number of carbonyl (C=O) groups excluding carboxylic acids is 1. The molecule has 1 unspecified atom stereocenters. The average molecular weight is 306 g/mol. The highest BCUT2D eigenvalue weighted by Crippen LogP contribution is 2.22. The van der Waals surface area contributed by atoms with Crippen molar-refractivity contribution in [2.45, 2.75) is 59.6 Å². The van der Waals surface area contributed by atoms with Crippen LogP contribution in [0.1, 0.15) is 68.5 Å². The van der Waals surface area contributed by atoms with Crippen LogP contribution in [0, 0.1) is 6.92 Å². The summed E-state index contributed by atoms with van der Waals surface area (Å²) in [7, 11) is 0. The van der Waals surface area contributed by atoms with Crippen LogP contribution in [0.5, 0.6) is 0 Å². The zero-order valence-corrected chi connectivity index (χ0v) is 13.9. The van der Waals surface area contributed by atoms with E-state index < -0.39 is 12.1 Å². The molecule has 0 aliphatic heterocycles. The normalized spacial score (nSPS) is 13.2. The predicted octanol–water partition coefficient (Wildman–Crippen LogP) is 2.81. The number of aromatic nitrogens is 4. The first-order valence-electron chi connectivity index (χ1n) is 7.32. The monoisotopic (exact) mass is 306 g/mol. The fraction of sp³-hybridized carbons (Fsp3) is 0.600. The Hall–Kier alpha value is -2.18. The second kappa shape index (κ2) is 5.90. The molecule has 0 saturated carbocycles. The molecule has 0 aromatic carbocycles. The zero-order chi connectivity index (χ0) is 16.5. The van der Waals surface area contributed by atoms with Crippen LogP contribution in [0.3, 0.4) is 0 Å². The Morgan fingerprint density at radius 1 is 1.45 bits per heavy atom. The fourth-order valence-corrected chi connectivity index (χ4v) is 2.22. The quantitative estimate of drug-likeness (QED) is 0.808. The minimum atomic E-state index is -0.601. The number of esters is 1. The molecule has 2 aromatic rings. The molecule has 0 aliphatic carbocycles. The van der Waals surface area contributed by atoms with Crippen LogP contribution >= 0.6 is 0 Å². The van der Waals surface area contributed by atoms with E-state index in [1.54, 1.807) is 20.0 Å². The molecule has 0 radical (unpaired) electrons. The van der Waals surface area contributed by atoms with Crippen molar-refractivity contribution < 1.29 is 14.1 Å². The molecule has 2 rings (SSSR count). The summed E-state index contributed by atoms with van der Waals surface area (Å²) in [6, 6.07) is 0. The van der Waals surface area contributed by atoms with Gasteiger partial charge >= 0.3 is 5.97 Å². The lowest BCUT2D eigenvalue weighted by molar-refractivity contribution is 0.0264. The summed E-state index contributed by atoms with van der Waals surface area (Å²) in [6.45, 7) is 11.5. The van der Waals surface area contributed by atoms with Crippen molar-refractivity contribution >= 4 is 5.97 Å². The van der Waals surface area contributed by atoms with Crippen molar-refractivity contribution in [3.05, 3.63) is 29.2 Å². The van der Waals surface area contributed by atoms with Crippen molar-refractivity contribution in [2.75, 3.05) is 0 Å². The topological polar surface area (TPSA) is 83.0 Å². The second-order valence-corrected chi connectivity index (χ2v) is 6.17. The standard InChI is InChI=1S/C15H22N4O3/c1-7-12-11(8-16-19(12)15(4,5)6)14(20)21-9(2)13-17-10(3)18-22-13/h8-9H,7H2,1-6H3. The number of hydrogen-bond donors (Lipinski definition) is 0. The minimum Gasteiger partial charge on any atom is -0.449 e. The number of aryl methyl sites for hydroxylation is 1. The molecule has 2 heterocycles. The summed E-state index contributed by atoms with van der Waals surface area (Å²) < 4.78 is 12.3. The summed E-state index contributed by atoms with van der Waals surface area (Å²) in [4.78, 5) is 16.5. The number of rotatable bonds is 4. The lowest BCUT2D eigenvalue weighted by atomic mass is 10.1. The maximum atomic E-state index is 12.4. The highest BCUT2D eigenvalue weighted by molar-refractivity contribution is 5.90. The Balaban J connectivity index is 2.21. The van der Waals surface area contributed by atoms with Gasteiger partial charge in [-0.3, -0.25) is 4.68 Å². The summed E-state index contributed by atoms with van der Waals surface area (Å²) in [5.41, 5.74) is 1.13. The van der Waals surface area contributed by atoms with E-state index in [2.05, 4.69) is 15.2 Å². The third-order valence-electron chi connectivity index (χ3n) is 3.23. The smallest absolute Gasteiger partial charge is 0.342 e. The Morgan fingerprint density at radius 3 is 2.64 bits per heavy atom. The molecule has 0 fully saturated rings. The molecule has 1 atom stereocenters. The maximum absolute atomic E-state index is 12.4. The van der Waals surface area contributed by atoms with Gasteiger partial charge in [0.05, 0.1) is 17.4 Å². The van der Waals surface area contributed by atoms with Gasteiger partial charge in [-0.2, -0.15) is 10.1 Å². The third-order valence-corrected chi connectivity index (χ3v) is 3.23. The zero-order valence-electron chi connectivity index (χ0n) is 13.9. The van der Waals surface area contributed by atoms with Gasteiger partial charge in [0.1, 0.15) is 5.56 Å². The molecule has 2 aromatic heterocycles. The molecule has 22 heavy (non-hydrogen) atoms. The van der Waals surface area contributed by atoms with Crippen LogP contribution in [0.15, 0.2) is 10.7 Å². The first kappa shape index (κ1) is 16.2.